The van der Waals surface area contributed by atoms with Crippen LogP contribution in [0.4, 0.5) is 0 Å². The largest absolute Gasteiger partial charge is 0.307 e. The van der Waals surface area contributed by atoms with Crippen LogP contribution >= 0.6 is 0 Å². The van der Waals surface area contributed by atoms with Crippen LogP contribution in [0.2, 0.25) is 0 Å². The van der Waals surface area contributed by atoms with Crippen LogP contribution in [0, 0.1) is 0 Å². The Labute approximate surface area is 132 Å². The lowest BCUT2D eigenvalue weighted by atomic mass is 9.76. The average molecular weight is 295 g/mol. The van der Waals surface area contributed by atoms with Crippen LogP contribution in [-0.4, -0.2) is 34.2 Å². The average Bonchev–Trinajstić information content (AvgIpc) is 2.04. The molecule has 2 rings (SSSR count). The Kier molecular flexibility index (Phi) is 4.28. The van der Waals surface area contributed by atoms with Crippen LogP contribution in [0.15, 0.2) is 0 Å². The molecule has 3 nitrogen and oxygen atoms in total. The van der Waals surface area contributed by atoms with Crippen molar-refractivity contribution in [2.75, 3.05) is 0 Å². The highest BCUT2D eigenvalue weighted by Crippen LogP contribution is 2.33. The highest BCUT2D eigenvalue weighted by Gasteiger charge is 2.42. The van der Waals surface area contributed by atoms with E-state index in [1.165, 1.54) is 0 Å². The first-order valence-electron chi connectivity index (χ1n) is 8.56. The minimum atomic E-state index is 0.188. The van der Waals surface area contributed by atoms with E-state index in [-0.39, 0.29) is 22.2 Å². The number of hydrogen-bond donors (Lipinski definition) is 2. The molecule has 2 aliphatic rings. The smallest absolute Gasteiger partial charge is 0.0283 e. The van der Waals surface area contributed by atoms with E-state index in [0.717, 1.165) is 25.7 Å². The molecule has 3 heteroatoms. The van der Waals surface area contributed by atoms with E-state index in [1.54, 1.807) is 0 Å². The SMILES string of the molecule is CC1(C)CC([N]C2CC(C)(C)NC(C)(C)C2)CC(C)(C)N1. The lowest BCUT2D eigenvalue weighted by molar-refractivity contribution is 0.100. The third-order valence-corrected chi connectivity index (χ3v) is 4.76. The van der Waals surface area contributed by atoms with Gasteiger partial charge in [0.1, 0.15) is 0 Å². The molecule has 0 aromatic rings. The maximum absolute atomic E-state index is 5.30. The van der Waals surface area contributed by atoms with Crippen molar-refractivity contribution in [1.82, 2.24) is 16.0 Å². The number of hydrogen-bond acceptors (Lipinski definition) is 2. The predicted octanol–water partition coefficient (Wildman–Crippen LogP) is 3.21. The molecule has 0 bridgehead atoms. The van der Waals surface area contributed by atoms with Gasteiger partial charge < -0.3 is 10.6 Å². The van der Waals surface area contributed by atoms with Crippen molar-refractivity contribution >= 4 is 0 Å². The van der Waals surface area contributed by atoms with Crippen molar-refractivity contribution in [2.24, 2.45) is 0 Å². The monoisotopic (exact) mass is 294 g/mol. The van der Waals surface area contributed by atoms with Gasteiger partial charge in [0, 0.05) is 34.2 Å². The van der Waals surface area contributed by atoms with Crippen LogP contribution in [0.25, 0.3) is 0 Å². The van der Waals surface area contributed by atoms with Crippen molar-refractivity contribution in [1.29, 1.82) is 0 Å². The molecule has 0 saturated carbocycles. The molecule has 2 heterocycles. The fourth-order valence-electron chi connectivity index (χ4n) is 5.05. The maximum Gasteiger partial charge on any atom is 0.0283 e. The molecule has 0 unspecified atom stereocenters. The maximum atomic E-state index is 5.30. The van der Waals surface area contributed by atoms with Crippen LogP contribution in [0.5, 0.6) is 0 Å². The molecule has 2 saturated heterocycles. The van der Waals surface area contributed by atoms with E-state index in [1.807, 2.05) is 0 Å². The molecule has 2 N–H and O–H groups in total. The van der Waals surface area contributed by atoms with Crippen LogP contribution in [0.1, 0.15) is 81.1 Å². The van der Waals surface area contributed by atoms with Crippen LogP contribution in [0.3, 0.4) is 0 Å². The summed E-state index contributed by atoms with van der Waals surface area (Å²) in [6.07, 6.45) is 4.62. The summed E-state index contributed by atoms with van der Waals surface area (Å²) < 4.78 is 0. The van der Waals surface area contributed by atoms with Gasteiger partial charge in [-0.1, -0.05) is 0 Å². The van der Waals surface area contributed by atoms with Crippen molar-refractivity contribution in [3.63, 3.8) is 0 Å². The Bertz CT molecular complexity index is 314. The van der Waals surface area contributed by atoms with E-state index >= 15 is 0 Å². The molecular formula is C18H36N3. The molecule has 0 aromatic carbocycles. The first-order chi connectivity index (χ1) is 9.28. The molecule has 0 aromatic heterocycles. The fourth-order valence-corrected chi connectivity index (χ4v) is 5.05. The van der Waals surface area contributed by atoms with Crippen molar-refractivity contribution in [2.45, 2.75) is 115 Å². The van der Waals surface area contributed by atoms with Gasteiger partial charge in [0.2, 0.25) is 0 Å². The van der Waals surface area contributed by atoms with Gasteiger partial charge >= 0.3 is 0 Å². The Balaban J connectivity index is 2.03. The number of nitrogens with zero attached hydrogens (tertiary/aromatic N) is 1. The second-order valence-electron chi connectivity index (χ2n) is 10.1. The molecule has 0 aliphatic carbocycles. The molecule has 0 spiro atoms. The molecule has 0 amide bonds. The van der Waals surface area contributed by atoms with Gasteiger partial charge in [-0.15, -0.1) is 0 Å². The minimum Gasteiger partial charge on any atom is -0.307 e. The molecular weight excluding hydrogens is 258 g/mol. The summed E-state index contributed by atoms with van der Waals surface area (Å²) in [6, 6.07) is 0.983. The number of piperidine rings is 2. The summed E-state index contributed by atoms with van der Waals surface area (Å²) in [5.41, 5.74) is 0.753. The zero-order valence-electron chi connectivity index (χ0n) is 15.4. The topological polar surface area (TPSA) is 38.2 Å². The molecule has 2 fully saturated rings. The van der Waals surface area contributed by atoms with Crippen LogP contribution in [-0.2, 0) is 0 Å². The first-order valence-corrected chi connectivity index (χ1v) is 8.56. The van der Waals surface area contributed by atoms with Gasteiger partial charge in [0.15, 0.2) is 0 Å². The zero-order valence-corrected chi connectivity index (χ0v) is 15.4. The summed E-state index contributed by atoms with van der Waals surface area (Å²) in [4.78, 5) is 0. The summed E-state index contributed by atoms with van der Waals surface area (Å²) in [5.74, 6) is 0. The predicted molar refractivity (Wildman–Crippen MR) is 90.8 cm³/mol. The Morgan fingerprint density at radius 1 is 0.571 bits per heavy atom. The lowest BCUT2D eigenvalue weighted by Gasteiger charge is -2.50. The zero-order chi connectivity index (χ0) is 16.1. The molecule has 21 heavy (non-hydrogen) atoms. The van der Waals surface area contributed by atoms with E-state index in [2.05, 4.69) is 66.0 Å². The molecule has 2 aliphatic heterocycles. The number of rotatable bonds is 2. The van der Waals surface area contributed by atoms with E-state index in [0.29, 0.717) is 12.1 Å². The Morgan fingerprint density at radius 3 is 1.05 bits per heavy atom. The van der Waals surface area contributed by atoms with E-state index in [9.17, 15) is 0 Å². The number of nitrogens with one attached hydrogen (secondary N) is 2. The van der Waals surface area contributed by atoms with Gasteiger partial charge in [-0.2, -0.15) is 0 Å². The third kappa shape index (κ3) is 4.94. The quantitative estimate of drug-likeness (QED) is 0.821. The van der Waals surface area contributed by atoms with Gasteiger partial charge in [0.05, 0.1) is 0 Å². The van der Waals surface area contributed by atoms with E-state index < -0.39 is 0 Å². The highest BCUT2D eigenvalue weighted by molar-refractivity contribution is 5.03. The molecule has 1 radical (unpaired) electrons. The Morgan fingerprint density at radius 2 is 0.810 bits per heavy atom. The molecule has 0 atom stereocenters. The van der Waals surface area contributed by atoms with Gasteiger partial charge in [-0.3, -0.25) is 0 Å². The van der Waals surface area contributed by atoms with Crippen LogP contribution < -0.4 is 16.0 Å². The summed E-state index contributed by atoms with van der Waals surface area (Å²) in [5, 5.41) is 12.8. The summed E-state index contributed by atoms with van der Waals surface area (Å²) >= 11 is 0. The third-order valence-electron chi connectivity index (χ3n) is 4.76. The second kappa shape index (κ2) is 5.21. The highest BCUT2D eigenvalue weighted by atomic mass is 15.1. The van der Waals surface area contributed by atoms with Gasteiger partial charge in [-0.05, 0) is 81.1 Å². The van der Waals surface area contributed by atoms with Crippen molar-refractivity contribution < 1.29 is 0 Å². The van der Waals surface area contributed by atoms with Crippen molar-refractivity contribution in [3.8, 4) is 0 Å². The first kappa shape index (κ1) is 17.2. The fraction of sp³-hybridized carbons (Fsp3) is 1.00. The van der Waals surface area contributed by atoms with E-state index in [4.69, 9.17) is 5.32 Å². The summed E-state index contributed by atoms with van der Waals surface area (Å²) in [7, 11) is 0. The van der Waals surface area contributed by atoms with Gasteiger partial charge in [0.25, 0.3) is 0 Å². The Hall–Kier alpha value is -0.120. The standard InChI is InChI=1S/C18H36N3/c1-15(2)9-13(10-16(3,4)20-15)19-14-11-17(5,6)21-18(7,8)12-14/h13-14,20-21H,9-12H2,1-8H3. The minimum absolute atomic E-state index is 0.188. The van der Waals surface area contributed by atoms with Gasteiger partial charge in [-0.25, -0.2) is 5.32 Å². The lowest BCUT2D eigenvalue weighted by Crippen LogP contribution is -2.64. The summed E-state index contributed by atoms with van der Waals surface area (Å²) in [6.45, 7) is 18.5. The second-order valence-corrected chi connectivity index (χ2v) is 10.1. The molecule has 123 valence electrons. The van der Waals surface area contributed by atoms with Crippen molar-refractivity contribution in [3.05, 3.63) is 0 Å². The normalized spacial score (nSPS) is 32.0.